The van der Waals surface area contributed by atoms with E-state index in [1.165, 1.54) is 24.3 Å². The lowest BCUT2D eigenvalue weighted by molar-refractivity contribution is -0.393. The van der Waals surface area contributed by atoms with Crippen LogP contribution in [-0.4, -0.2) is 15.8 Å². The van der Waals surface area contributed by atoms with E-state index in [2.05, 4.69) is 5.32 Å². The Labute approximate surface area is 123 Å². The Morgan fingerprint density at radius 1 is 0.955 bits per heavy atom. The van der Waals surface area contributed by atoms with E-state index in [0.717, 1.165) is 18.2 Å². The van der Waals surface area contributed by atoms with Gasteiger partial charge in [-0.25, -0.2) is 0 Å². The van der Waals surface area contributed by atoms with Gasteiger partial charge in [0.05, 0.1) is 21.9 Å². The Kier molecular flexibility index (Phi) is 3.98. The number of nitro groups is 2. The lowest BCUT2D eigenvalue weighted by Gasteiger charge is -2.12. The second-order valence-electron chi connectivity index (χ2n) is 4.17. The number of carbonyl (C=O) groups excluding carboxylic acids is 1. The van der Waals surface area contributed by atoms with Crippen LogP contribution in [0.1, 0.15) is 10.4 Å². The van der Waals surface area contributed by atoms with Crippen LogP contribution in [0.15, 0.2) is 42.5 Å². The van der Waals surface area contributed by atoms with Crippen molar-refractivity contribution in [1.82, 2.24) is 0 Å². The number of para-hydroxylation sites is 1. The van der Waals surface area contributed by atoms with Gasteiger partial charge in [-0.1, -0.05) is 18.2 Å². The van der Waals surface area contributed by atoms with Crippen molar-refractivity contribution in [3.63, 3.8) is 0 Å². The molecule has 0 bridgehead atoms. The monoisotopic (exact) mass is 302 g/mol. The van der Waals surface area contributed by atoms with Crippen molar-refractivity contribution in [1.29, 1.82) is 0 Å². The second kappa shape index (κ2) is 5.87. The van der Waals surface area contributed by atoms with Gasteiger partial charge in [-0.15, -0.1) is 0 Å². The predicted molar refractivity (Wildman–Crippen MR) is 73.8 cm³/mol. The number of non-ortho nitro benzene ring substituents is 1. The standard InChI is InChI=1S/C13H9N3O6/c17-13(18)9-3-1-2-4-10(9)14-11-6-5-8(15(19)20)7-12(11)16(21)22/h1-7,14H,(H,17,18)/p-1. The summed E-state index contributed by atoms with van der Waals surface area (Å²) in [7, 11) is 0. The molecule has 9 heteroatoms. The van der Waals surface area contributed by atoms with Gasteiger partial charge < -0.3 is 15.2 Å². The van der Waals surface area contributed by atoms with Crippen molar-refractivity contribution in [2.24, 2.45) is 0 Å². The molecule has 0 radical (unpaired) electrons. The number of benzene rings is 2. The third-order valence-corrected chi connectivity index (χ3v) is 2.81. The van der Waals surface area contributed by atoms with E-state index in [1.54, 1.807) is 0 Å². The molecule has 2 aromatic rings. The van der Waals surface area contributed by atoms with Crippen LogP contribution in [0.3, 0.4) is 0 Å². The Hall–Kier alpha value is -3.49. The zero-order valence-corrected chi connectivity index (χ0v) is 10.9. The molecular formula is C13H8N3O6-. The van der Waals surface area contributed by atoms with Crippen LogP contribution >= 0.6 is 0 Å². The second-order valence-corrected chi connectivity index (χ2v) is 4.17. The molecule has 0 aliphatic rings. The van der Waals surface area contributed by atoms with Crippen LogP contribution in [0.2, 0.25) is 0 Å². The molecule has 2 rings (SSSR count). The van der Waals surface area contributed by atoms with Crippen molar-refractivity contribution in [2.75, 3.05) is 5.32 Å². The fourth-order valence-electron chi connectivity index (χ4n) is 1.81. The molecule has 0 heterocycles. The highest BCUT2D eigenvalue weighted by Gasteiger charge is 2.20. The number of nitrogens with zero attached hydrogens (tertiary/aromatic N) is 2. The van der Waals surface area contributed by atoms with Crippen LogP contribution in [-0.2, 0) is 0 Å². The molecule has 0 aliphatic carbocycles. The summed E-state index contributed by atoms with van der Waals surface area (Å²) in [5, 5.41) is 35.3. The number of hydrogen-bond donors (Lipinski definition) is 1. The summed E-state index contributed by atoms with van der Waals surface area (Å²) in [5.41, 5.74) is -1.15. The van der Waals surface area contributed by atoms with E-state index in [1.807, 2.05) is 0 Å². The number of nitrogens with one attached hydrogen (secondary N) is 1. The van der Waals surface area contributed by atoms with Crippen molar-refractivity contribution < 1.29 is 19.7 Å². The van der Waals surface area contributed by atoms with Crippen LogP contribution in [0.5, 0.6) is 0 Å². The highest BCUT2D eigenvalue weighted by molar-refractivity contribution is 5.94. The molecule has 0 amide bonds. The smallest absolute Gasteiger partial charge is 0.299 e. The predicted octanol–water partition coefficient (Wildman–Crippen LogP) is 1.61. The quantitative estimate of drug-likeness (QED) is 0.653. The van der Waals surface area contributed by atoms with Gasteiger partial charge in [0.15, 0.2) is 0 Å². The summed E-state index contributed by atoms with van der Waals surface area (Å²) in [6.07, 6.45) is 0. The fraction of sp³-hybridized carbons (Fsp3) is 0. The van der Waals surface area contributed by atoms with Crippen molar-refractivity contribution in [3.05, 3.63) is 68.3 Å². The Balaban J connectivity index is 2.48. The molecule has 22 heavy (non-hydrogen) atoms. The molecule has 0 fully saturated rings. The van der Waals surface area contributed by atoms with E-state index >= 15 is 0 Å². The number of aromatic carboxylic acids is 1. The summed E-state index contributed by atoms with van der Waals surface area (Å²) in [4.78, 5) is 31.1. The number of carbonyl (C=O) groups is 1. The minimum Gasteiger partial charge on any atom is -0.545 e. The van der Waals surface area contributed by atoms with Gasteiger partial charge in [0.1, 0.15) is 5.69 Å². The van der Waals surface area contributed by atoms with Crippen molar-refractivity contribution >= 4 is 28.7 Å². The zero-order chi connectivity index (χ0) is 16.3. The lowest BCUT2D eigenvalue weighted by atomic mass is 10.1. The molecule has 0 aliphatic heterocycles. The molecule has 0 aromatic heterocycles. The maximum Gasteiger partial charge on any atom is 0.299 e. The molecule has 2 aromatic carbocycles. The summed E-state index contributed by atoms with van der Waals surface area (Å²) in [5.74, 6) is -1.45. The third kappa shape index (κ3) is 2.98. The highest BCUT2D eigenvalue weighted by atomic mass is 16.6. The van der Waals surface area contributed by atoms with Crippen molar-refractivity contribution in [3.8, 4) is 0 Å². The maximum absolute atomic E-state index is 11.0. The first-order valence-electron chi connectivity index (χ1n) is 5.90. The molecule has 0 spiro atoms. The van der Waals surface area contributed by atoms with Crippen molar-refractivity contribution in [2.45, 2.75) is 0 Å². The van der Waals surface area contributed by atoms with Crippen LogP contribution in [0.4, 0.5) is 22.7 Å². The number of carboxylic acid groups (broad SMARTS) is 1. The first-order valence-corrected chi connectivity index (χ1v) is 5.90. The largest absolute Gasteiger partial charge is 0.545 e. The summed E-state index contributed by atoms with van der Waals surface area (Å²) in [6.45, 7) is 0. The highest BCUT2D eigenvalue weighted by Crippen LogP contribution is 2.32. The molecular weight excluding hydrogens is 294 g/mol. The topological polar surface area (TPSA) is 138 Å². The minimum atomic E-state index is -1.45. The molecule has 0 atom stereocenters. The molecule has 0 saturated carbocycles. The first kappa shape index (κ1) is 14.9. The van der Waals surface area contributed by atoms with Gasteiger partial charge in [-0.3, -0.25) is 20.2 Å². The van der Waals surface area contributed by atoms with E-state index in [-0.39, 0.29) is 16.9 Å². The Morgan fingerprint density at radius 2 is 1.64 bits per heavy atom. The van der Waals surface area contributed by atoms with Crippen LogP contribution in [0.25, 0.3) is 0 Å². The van der Waals surface area contributed by atoms with Gasteiger partial charge in [0.25, 0.3) is 11.4 Å². The van der Waals surface area contributed by atoms with Crippen LogP contribution in [0, 0.1) is 20.2 Å². The molecule has 0 unspecified atom stereocenters. The fourth-order valence-corrected chi connectivity index (χ4v) is 1.81. The SMILES string of the molecule is O=C([O-])c1ccccc1Nc1ccc([N+](=O)[O-])cc1[N+](=O)[O-]. The minimum absolute atomic E-state index is 0.0655. The lowest BCUT2D eigenvalue weighted by Crippen LogP contribution is -2.23. The van der Waals surface area contributed by atoms with E-state index in [0.29, 0.717) is 0 Å². The average Bonchev–Trinajstić information content (AvgIpc) is 2.47. The first-order chi connectivity index (χ1) is 10.4. The number of rotatable bonds is 5. The number of hydrogen-bond acceptors (Lipinski definition) is 7. The average molecular weight is 302 g/mol. The normalized spacial score (nSPS) is 10.0. The van der Waals surface area contributed by atoms with E-state index in [4.69, 9.17) is 0 Å². The molecule has 9 nitrogen and oxygen atoms in total. The number of anilines is 2. The molecule has 0 saturated heterocycles. The molecule has 112 valence electrons. The van der Waals surface area contributed by atoms with E-state index < -0.39 is 27.2 Å². The summed E-state index contributed by atoms with van der Waals surface area (Å²) >= 11 is 0. The van der Waals surface area contributed by atoms with Gasteiger partial charge in [-0.2, -0.15) is 0 Å². The van der Waals surface area contributed by atoms with Crippen LogP contribution < -0.4 is 10.4 Å². The van der Waals surface area contributed by atoms with Gasteiger partial charge >= 0.3 is 0 Å². The summed E-state index contributed by atoms with van der Waals surface area (Å²) < 4.78 is 0. The Bertz CT molecular complexity index is 774. The Morgan fingerprint density at radius 3 is 2.23 bits per heavy atom. The van der Waals surface area contributed by atoms with Gasteiger partial charge in [-0.05, 0) is 12.1 Å². The van der Waals surface area contributed by atoms with E-state index in [9.17, 15) is 30.1 Å². The van der Waals surface area contributed by atoms with Gasteiger partial charge in [0, 0.05) is 17.3 Å². The molecule has 1 N–H and O–H groups in total. The number of nitro benzene ring substituents is 2. The maximum atomic E-state index is 11.0. The summed E-state index contributed by atoms with van der Waals surface area (Å²) in [6, 6.07) is 8.70. The number of carboxylic acids is 1. The van der Waals surface area contributed by atoms with Gasteiger partial charge in [0.2, 0.25) is 0 Å². The third-order valence-electron chi connectivity index (χ3n) is 2.81. The zero-order valence-electron chi connectivity index (χ0n) is 10.9.